The Morgan fingerprint density at radius 1 is 1.10 bits per heavy atom. The Hall–Kier alpha value is -1.14. The van der Waals surface area contributed by atoms with Crippen molar-refractivity contribution in [2.45, 2.75) is 57.1 Å². The highest BCUT2D eigenvalue weighted by Crippen LogP contribution is 2.24. The van der Waals surface area contributed by atoms with Crippen molar-refractivity contribution in [3.63, 3.8) is 0 Å². The fraction of sp³-hybridized carbons (Fsp3) is 0.867. The molecule has 0 spiro atoms. The number of nitrogens with one attached hydrogen (secondary N) is 2. The van der Waals surface area contributed by atoms with Crippen molar-refractivity contribution in [1.82, 2.24) is 10.6 Å². The summed E-state index contributed by atoms with van der Waals surface area (Å²) in [5.74, 6) is -0.931. The fourth-order valence-electron chi connectivity index (χ4n) is 3.06. The molecule has 1 saturated heterocycles. The van der Waals surface area contributed by atoms with Crippen LogP contribution in [0.3, 0.4) is 0 Å². The summed E-state index contributed by atoms with van der Waals surface area (Å²) < 4.78 is 5.71. The van der Waals surface area contributed by atoms with E-state index in [-0.39, 0.29) is 24.0 Å². The lowest BCUT2D eigenvalue weighted by Gasteiger charge is -2.27. The number of carbonyl (C=O) groups excluding carboxylic acids is 1. The predicted molar refractivity (Wildman–Crippen MR) is 78.0 cm³/mol. The Labute approximate surface area is 125 Å². The monoisotopic (exact) mass is 298 g/mol. The van der Waals surface area contributed by atoms with Crippen LogP contribution in [-0.2, 0) is 14.3 Å². The van der Waals surface area contributed by atoms with Gasteiger partial charge in [0.2, 0.25) is 5.91 Å². The van der Waals surface area contributed by atoms with E-state index < -0.39 is 5.97 Å². The molecule has 0 bridgehead atoms. The molecule has 0 aromatic carbocycles. The lowest BCUT2D eigenvalue weighted by atomic mass is 9.86. The molecule has 6 heteroatoms. The second kappa shape index (κ2) is 8.34. The first kappa shape index (κ1) is 16.2. The maximum Gasteiger partial charge on any atom is 0.306 e. The Morgan fingerprint density at radius 2 is 1.76 bits per heavy atom. The number of ether oxygens (including phenoxy) is 1. The van der Waals surface area contributed by atoms with Crippen LogP contribution in [0.2, 0.25) is 0 Å². The Bertz CT molecular complexity index is 348. The molecule has 0 aromatic rings. The highest BCUT2D eigenvalue weighted by atomic mass is 16.5. The maximum absolute atomic E-state index is 11.8. The first-order valence-electron chi connectivity index (χ1n) is 7.99. The van der Waals surface area contributed by atoms with Gasteiger partial charge in [0, 0.05) is 12.5 Å². The van der Waals surface area contributed by atoms with Gasteiger partial charge in [-0.25, -0.2) is 0 Å². The molecule has 1 heterocycles. The normalized spacial score (nSPS) is 27.2. The van der Waals surface area contributed by atoms with E-state index in [1.807, 2.05) is 0 Å². The van der Waals surface area contributed by atoms with Gasteiger partial charge in [-0.2, -0.15) is 0 Å². The summed E-state index contributed by atoms with van der Waals surface area (Å²) in [6.45, 7) is 2.45. The average molecular weight is 298 g/mol. The minimum absolute atomic E-state index is 0.0164. The van der Waals surface area contributed by atoms with Crippen molar-refractivity contribution in [2.24, 2.45) is 5.92 Å². The molecule has 1 amide bonds. The molecule has 21 heavy (non-hydrogen) atoms. The third-order valence-electron chi connectivity index (χ3n) is 4.41. The molecule has 0 unspecified atom stereocenters. The molecule has 2 fully saturated rings. The van der Waals surface area contributed by atoms with Crippen LogP contribution in [0, 0.1) is 5.92 Å². The van der Waals surface area contributed by atoms with Gasteiger partial charge < -0.3 is 20.5 Å². The molecule has 120 valence electrons. The van der Waals surface area contributed by atoms with Gasteiger partial charge >= 0.3 is 5.97 Å². The van der Waals surface area contributed by atoms with Crippen LogP contribution in [0.15, 0.2) is 0 Å². The number of amides is 1. The van der Waals surface area contributed by atoms with E-state index >= 15 is 0 Å². The van der Waals surface area contributed by atoms with Gasteiger partial charge in [-0.1, -0.05) is 0 Å². The van der Waals surface area contributed by atoms with Crippen LogP contribution in [0.4, 0.5) is 0 Å². The molecule has 1 saturated carbocycles. The summed E-state index contributed by atoms with van der Waals surface area (Å²) in [6.07, 6.45) is 5.54. The number of piperidine rings is 1. The SMILES string of the molecule is O=C(CCOC1CCNCC1)NC1CCC(C(=O)O)CC1. The molecule has 1 aliphatic carbocycles. The zero-order valence-corrected chi connectivity index (χ0v) is 12.5. The molecular weight excluding hydrogens is 272 g/mol. The maximum atomic E-state index is 11.8. The van der Waals surface area contributed by atoms with Gasteiger partial charge in [-0.05, 0) is 51.6 Å². The number of aliphatic carboxylic acids is 1. The van der Waals surface area contributed by atoms with Gasteiger partial charge in [0.15, 0.2) is 0 Å². The van der Waals surface area contributed by atoms with Crippen molar-refractivity contribution >= 4 is 11.9 Å². The van der Waals surface area contributed by atoms with E-state index in [1.54, 1.807) is 0 Å². The minimum atomic E-state index is -0.713. The van der Waals surface area contributed by atoms with E-state index in [0.717, 1.165) is 38.8 Å². The minimum Gasteiger partial charge on any atom is -0.481 e. The Kier molecular flexibility index (Phi) is 6.45. The zero-order valence-electron chi connectivity index (χ0n) is 12.5. The Balaban J connectivity index is 1.56. The largest absolute Gasteiger partial charge is 0.481 e. The van der Waals surface area contributed by atoms with Crippen LogP contribution in [0.25, 0.3) is 0 Å². The number of carboxylic acids is 1. The van der Waals surface area contributed by atoms with E-state index in [4.69, 9.17) is 9.84 Å². The van der Waals surface area contributed by atoms with Gasteiger partial charge in [0.1, 0.15) is 0 Å². The summed E-state index contributed by atoms with van der Waals surface area (Å²) in [6, 6.07) is 0.131. The zero-order chi connectivity index (χ0) is 15.1. The molecule has 2 rings (SSSR count). The smallest absolute Gasteiger partial charge is 0.306 e. The molecule has 0 radical (unpaired) electrons. The van der Waals surface area contributed by atoms with E-state index in [1.165, 1.54) is 0 Å². The Morgan fingerprint density at radius 3 is 2.38 bits per heavy atom. The number of carboxylic acid groups (broad SMARTS) is 1. The van der Waals surface area contributed by atoms with Crippen LogP contribution in [0.5, 0.6) is 0 Å². The summed E-state index contributed by atoms with van der Waals surface area (Å²) >= 11 is 0. The van der Waals surface area contributed by atoms with Gasteiger partial charge in [-0.3, -0.25) is 9.59 Å². The van der Waals surface area contributed by atoms with Crippen LogP contribution < -0.4 is 10.6 Å². The fourth-order valence-corrected chi connectivity index (χ4v) is 3.06. The van der Waals surface area contributed by atoms with E-state index in [2.05, 4.69) is 10.6 Å². The third kappa shape index (κ3) is 5.63. The highest BCUT2D eigenvalue weighted by molar-refractivity contribution is 5.76. The molecule has 0 aromatic heterocycles. The summed E-state index contributed by atoms with van der Waals surface area (Å²) in [5, 5.41) is 15.2. The highest BCUT2D eigenvalue weighted by Gasteiger charge is 2.26. The van der Waals surface area contributed by atoms with Crippen molar-refractivity contribution in [3.05, 3.63) is 0 Å². The number of hydrogen-bond acceptors (Lipinski definition) is 4. The van der Waals surface area contributed by atoms with Crippen molar-refractivity contribution in [1.29, 1.82) is 0 Å². The van der Waals surface area contributed by atoms with Crippen molar-refractivity contribution in [3.8, 4) is 0 Å². The summed E-state index contributed by atoms with van der Waals surface area (Å²) in [5.41, 5.74) is 0. The van der Waals surface area contributed by atoms with Crippen LogP contribution in [-0.4, -0.2) is 48.8 Å². The molecule has 3 N–H and O–H groups in total. The molecule has 0 atom stereocenters. The number of rotatable bonds is 6. The van der Waals surface area contributed by atoms with Crippen molar-refractivity contribution < 1.29 is 19.4 Å². The number of hydrogen-bond donors (Lipinski definition) is 3. The number of carbonyl (C=O) groups is 2. The lowest BCUT2D eigenvalue weighted by molar-refractivity contribution is -0.142. The quantitative estimate of drug-likeness (QED) is 0.678. The van der Waals surface area contributed by atoms with E-state index in [0.29, 0.717) is 25.9 Å². The summed E-state index contributed by atoms with van der Waals surface area (Å²) in [7, 11) is 0. The first-order chi connectivity index (χ1) is 10.1. The van der Waals surface area contributed by atoms with Crippen LogP contribution >= 0.6 is 0 Å². The molecule has 2 aliphatic rings. The standard InChI is InChI=1S/C15H26N2O4/c18-14(7-10-21-13-5-8-16-9-6-13)17-12-3-1-11(2-4-12)15(19)20/h11-13,16H,1-10H2,(H,17,18)(H,19,20). The summed E-state index contributed by atoms with van der Waals surface area (Å²) in [4.78, 5) is 22.7. The second-order valence-electron chi connectivity index (χ2n) is 6.02. The third-order valence-corrected chi connectivity index (χ3v) is 4.41. The van der Waals surface area contributed by atoms with Crippen LogP contribution in [0.1, 0.15) is 44.9 Å². The molecule has 6 nitrogen and oxygen atoms in total. The van der Waals surface area contributed by atoms with Crippen molar-refractivity contribution in [2.75, 3.05) is 19.7 Å². The molecular formula is C15H26N2O4. The average Bonchev–Trinajstić information content (AvgIpc) is 2.49. The first-order valence-corrected chi connectivity index (χ1v) is 7.99. The van der Waals surface area contributed by atoms with E-state index in [9.17, 15) is 9.59 Å². The predicted octanol–water partition coefficient (Wildman–Crippen LogP) is 0.905. The van der Waals surface area contributed by atoms with Gasteiger partial charge in [-0.15, -0.1) is 0 Å². The second-order valence-corrected chi connectivity index (χ2v) is 6.02. The molecule has 1 aliphatic heterocycles. The van der Waals surface area contributed by atoms with Gasteiger partial charge in [0.05, 0.1) is 18.6 Å². The van der Waals surface area contributed by atoms with Gasteiger partial charge in [0.25, 0.3) is 0 Å². The topological polar surface area (TPSA) is 87.7 Å². The lowest BCUT2D eigenvalue weighted by Crippen LogP contribution is -2.39.